The first-order valence-corrected chi connectivity index (χ1v) is 10.8. The fourth-order valence-electron chi connectivity index (χ4n) is 4.62. The van der Waals surface area contributed by atoms with Crippen LogP contribution < -0.4 is 5.32 Å². The third kappa shape index (κ3) is 4.30. The third-order valence-electron chi connectivity index (χ3n) is 6.45. The molecular weight excluding hydrogens is 354 g/mol. The standard InChI is InChI=1S/C21H33N5O2/c1-22-21-17-14-26(19(27)6-5-16-4-3-13-28-16)12-9-18(17)23-20(24-21)15-7-10-25(2)11-8-15/h15-16H,3-14H2,1-2H3,(H,22,23,24). The number of nitrogens with zero attached hydrogens (tertiary/aromatic N) is 4. The van der Waals surface area contributed by atoms with Gasteiger partial charge in [-0.2, -0.15) is 0 Å². The lowest BCUT2D eigenvalue weighted by atomic mass is 9.95. The lowest BCUT2D eigenvalue weighted by Crippen LogP contribution is -2.37. The first-order chi connectivity index (χ1) is 13.6. The van der Waals surface area contributed by atoms with Gasteiger partial charge >= 0.3 is 0 Å². The van der Waals surface area contributed by atoms with E-state index in [9.17, 15) is 4.79 Å². The molecule has 1 aromatic rings. The number of rotatable bonds is 5. The van der Waals surface area contributed by atoms with Gasteiger partial charge < -0.3 is 19.9 Å². The summed E-state index contributed by atoms with van der Waals surface area (Å²) in [5.74, 6) is 2.55. The number of anilines is 1. The van der Waals surface area contributed by atoms with Crippen LogP contribution in [0.25, 0.3) is 0 Å². The molecule has 1 atom stereocenters. The molecule has 7 heteroatoms. The quantitative estimate of drug-likeness (QED) is 0.835. The number of hydrogen-bond acceptors (Lipinski definition) is 6. The van der Waals surface area contributed by atoms with Crippen molar-refractivity contribution in [3.8, 4) is 0 Å². The largest absolute Gasteiger partial charge is 0.378 e. The van der Waals surface area contributed by atoms with Gasteiger partial charge in [0.15, 0.2) is 0 Å². The molecule has 3 aliphatic rings. The van der Waals surface area contributed by atoms with Crippen LogP contribution in [0.1, 0.15) is 61.5 Å². The van der Waals surface area contributed by atoms with E-state index < -0.39 is 0 Å². The maximum atomic E-state index is 12.7. The number of ether oxygens (including phenoxy) is 1. The highest BCUT2D eigenvalue weighted by molar-refractivity contribution is 5.76. The van der Waals surface area contributed by atoms with Gasteiger partial charge in [-0.15, -0.1) is 0 Å². The van der Waals surface area contributed by atoms with Gasteiger partial charge in [-0.05, 0) is 52.2 Å². The van der Waals surface area contributed by atoms with E-state index in [1.807, 2.05) is 11.9 Å². The number of piperidine rings is 1. The van der Waals surface area contributed by atoms with E-state index >= 15 is 0 Å². The summed E-state index contributed by atoms with van der Waals surface area (Å²) in [6.45, 7) is 4.42. The van der Waals surface area contributed by atoms with Crippen molar-refractivity contribution in [2.75, 3.05) is 45.7 Å². The van der Waals surface area contributed by atoms with Crippen molar-refractivity contribution in [3.63, 3.8) is 0 Å². The average molecular weight is 388 g/mol. The Labute approximate surface area is 167 Å². The highest BCUT2D eigenvalue weighted by Gasteiger charge is 2.28. The van der Waals surface area contributed by atoms with Crippen molar-refractivity contribution in [1.29, 1.82) is 0 Å². The number of nitrogens with one attached hydrogen (secondary N) is 1. The summed E-state index contributed by atoms with van der Waals surface area (Å²) in [7, 11) is 4.09. The van der Waals surface area contributed by atoms with E-state index in [1.165, 1.54) is 0 Å². The topological polar surface area (TPSA) is 70.6 Å². The summed E-state index contributed by atoms with van der Waals surface area (Å²) < 4.78 is 5.66. The third-order valence-corrected chi connectivity index (χ3v) is 6.45. The van der Waals surface area contributed by atoms with Gasteiger partial charge in [-0.3, -0.25) is 4.79 Å². The van der Waals surface area contributed by atoms with E-state index in [-0.39, 0.29) is 12.0 Å². The van der Waals surface area contributed by atoms with E-state index in [2.05, 4.69) is 17.3 Å². The Morgan fingerprint density at radius 3 is 2.75 bits per heavy atom. The number of aromatic nitrogens is 2. The summed E-state index contributed by atoms with van der Waals surface area (Å²) >= 11 is 0. The summed E-state index contributed by atoms with van der Waals surface area (Å²) in [6, 6.07) is 0. The van der Waals surface area contributed by atoms with Crippen molar-refractivity contribution < 1.29 is 9.53 Å². The average Bonchev–Trinajstić information content (AvgIpc) is 3.25. The molecular formula is C21H33N5O2. The van der Waals surface area contributed by atoms with Crippen LogP contribution in [0.15, 0.2) is 0 Å². The molecule has 28 heavy (non-hydrogen) atoms. The molecule has 0 aliphatic carbocycles. The summed E-state index contributed by atoms with van der Waals surface area (Å²) in [4.78, 5) is 26.9. The molecule has 7 nitrogen and oxygen atoms in total. The van der Waals surface area contributed by atoms with Crippen LogP contribution in [0, 0.1) is 0 Å². The Kier molecular flexibility index (Phi) is 6.11. The zero-order chi connectivity index (χ0) is 19.5. The molecule has 1 aromatic heterocycles. The number of likely N-dealkylation sites (tertiary alicyclic amines) is 1. The maximum Gasteiger partial charge on any atom is 0.222 e. The smallest absolute Gasteiger partial charge is 0.222 e. The minimum absolute atomic E-state index is 0.225. The first-order valence-electron chi connectivity index (χ1n) is 10.8. The fraction of sp³-hybridized carbons (Fsp3) is 0.762. The van der Waals surface area contributed by atoms with Gasteiger partial charge in [0.2, 0.25) is 5.91 Å². The molecule has 4 heterocycles. The Morgan fingerprint density at radius 1 is 1.21 bits per heavy atom. The van der Waals surface area contributed by atoms with Crippen LogP contribution >= 0.6 is 0 Å². The predicted molar refractivity (Wildman–Crippen MR) is 108 cm³/mol. The Bertz CT molecular complexity index is 679. The van der Waals surface area contributed by atoms with Gasteiger partial charge in [0, 0.05) is 44.5 Å². The van der Waals surface area contributed by atoms with E-state index in [1.54, 1.807) is 0 Å². The maximum absolute atomic E-state index is 12.7. The van der Waals surface area contributed by atoms with Crippen LogP contribution in [0.2, 0.25) is 0 Å². The lowest BCUT2D eigenvalue weighted by Gasteiger charge is -2.32. The monoisotopic (exact) mass is 387 g/mol. The zero-order valence-corrected chi connectivity index (χ0v) is 17.2. The zero-order valence-electron chi connectivity index (χ0n) is 17.2. The molecule has 1 amide bonds. The second-order valence-corrected chi connectivity index (χ2v) is 8.42. The number of amides is 1. The van der Waals surface area contributed by atoms with Gasteiger partial charge in [-0.25, -0.2) is 9.97 Å². The summed E-state index contributed by atoms with van der Waals surface area (Å²) in [6.07, 6.45) is 6.95. The van der Waals surface area contributed by atoms with Crippen LogP contribution in [-0.4, -0.2) is 72.1 Å². The van der Waals surface area contributed by atoms with Crippen LogP contribution in [0.3, 0.4) is 0 Å². The Balaban J connectivity index is 1.43. The van der Waals surface area contributed by atoms with Crippen molar-refractivity contribution in [1.82, 2.24) is 19.8 Å². The van der Waals surface area contributed by atoms with Crippen LogP contribution in [-0.2, 0) is 22.5 Å². The van der Waals surface area contributed by atoms with Crippen molar-refractivity contribution in [3.05, 3.63) is 17.1 Å². The molecule has 1 unspecified atom stereocenters. The van der Waals surface area contributed by atoms with Gasteiger partial charge in [0.05, 0.1) is 18.3 Å². The molecule has 2 fully saturated rings. The highest BCUT2D eigenvalue weighted by atomic mass is 16.5. The molecule has 2 saturated heterocycles. The van der Waals surface area contributed by atoms with Gasteiger partial charge in [0.25, 0.3) is 0 Å². The summed E-state index contributed by atoms with van der Waals surface area (Å²) in [5, 5.41) is 3.26. The Morgan fingerprint density at radius 2 is 2.04 bits per heavy atom. The SMILES string of the molecule is CNc1nc(C2CCN(C)CC2)nc2c1CN(C(=O)CCC1CCCO1)CC2. The molecule has 154 valence electrons. The first kappa shape index (κ1) is 19.6. The van der Waals surface area contributed by atoms with Crippen molar-refractivity contribution in [2.45, 2.75) is 63.5 Å². The summed E-state index contributed by atoms with van der Waals surface area (Å²) in [5.41, 5.74) is 2.22. The minimum atomic E-state index is 0.225. The molecule has 1 N–H and O–H groups in total. The molecule has 0 bridgehead atoms. The van der Waals surface area contributed by atoms with Gasteiger partial charge in [-0.1, -0.05) is 0 Å². The van der Waals surface area contributed by atoms with E-state index in [0.29, 0.717) is 18.9 Å². The van der Waals surface area contributed by atoms with Crippen LogP contribution in [0.4, 0.5) is 5.82 Å². The second-order valence-electron chi connectivity index (χ2n) is 8.42. The molecule has 4 rings (SSSR count). The van der Waals surface area contributed by atoms with E-state index in [0.717, 1.165) is 87.7 Å². The normalized spacial score (nSPS) is 23.6. The van der Waals surface area contributed by atoms with Crippen LogP contribution in [0.5, 0.6) is 0 Å². The lowest BCUT2D eigenvalue weighted by molar-refractivity contribution is -0.132. The fourth-order valence-corrected chi connectivity index (χ4v) is 4.62. The van der Waals surface area contributed by atoms with Crippen molar-refractivity contribution >= 4 is 11.7 Å². The number of carbonyl (C=O) groups excluding carboxylic acids is 1. The van der Waals surface area contributed by atoms with Crippen molar-refractivity contribution in [2.24, 2.45) is 0 Å². The molecule has 3 aliphatic heterocycles. The minimum Gasteiger partial charge on any atom is -0.378 e. The highest BCUT2D eigenvalue weighted by Crippen LogP contribution is 2.30. The molecule has 0 saturated carbocycles. The molecule has 0 aromatic carbocycles. The Hall–Kier alpha value is -1.73. The predicted octanol–water partition coefficient (Wildman–Crippen LogP) is 2.17. The van der Waals surface area contributed by atoms with E-state index in [4.69, 9.17) is 14.7 Å². The van der Waals surface area contributed by atoms with Gasteiger partial charge in [0.1, 0.15) is 11.6 Å². The molecule has 0 radical (unpaired) electrons. The number of fused-ring (bicyclic) bond motifs is 1. The number of carbonyl (C=O) groups is 1. The number of hydrogen-bond donors (Lipinski definition) is 1. The molecule has 0 spiro atoms. The second kappa shape index (κ2) is 8.74.